The lowest BCUT2D eigenvalue weighted by atomic mass is 9.88. The number of aromatic nitrogens is 2. The van der Waals surface area contributed by atoms with E-state index in [4.69, 9.17) is 10.5 Å². The maximum absolute atomic E-state index is 15.7. The Morgan fingerprint density at radius 1 is 1.25 bits per heavy atom. The van der Waals surface area contributed by atoms with Crippen molar-refractivity contribution in [2.75, 3.05) is 26.3 Å². The number of hydrogen-bond acceptors (Lipinski definition) is 5. The first kappa shape index (κ1) is 19.3. The highest BCUT2D eigenvalue weighted by molar-refractivity contribution is 5.87. The van der Waals surface area contributed by atoms with E-state index in [0.29, 0.717) is 30.4 Å². The first-order valence-corrected chi connectivity index (χ1v) is 9.87. The summed E-state index contributed by atoms with van der Waals surface area (Å²) in [5.74, 6) is -0.523. The van der Waals surface area contributed by atoms with E-state index >= 15 is 4.39 Å². The fourth-order valence-electron chi connectivity index (χ4n) is 4.80. The van der Waals surface area contributed by atoms with Crippen LogP contribution in [-0.2, 0) is 21.6 Å². The minimum absolute atomic E-state index is 0.178. The molecule has 0 aromatic carbocycles. The van der Waals surface area contributed by atoms with Crippen LogP contribution in [0.4, 0.5) is 9.18 Å². The van der Waals surface area contributed by atoms with Crippen LogP contribution in [0.2, 0.25) is 0 Å². The molecule has 1 aromatic rings. The lowest BCUT2D eigenvalue weighted by Crippen LogP contribution is -2.56. The Labute approximate surface area is 163 Å². The maximum atomic E-state index is 15.7. The monoisotopic (exact) mass is 392 g/mol. The summed E-state index contributed by atoms with van der Waals surface area (Å²) >= 11 is 0. The molecular weight excluding hydrogens is 365 g/mol. The van der Waals surface area contributed by atoms with Crippen molar-refractivity contribution in [2.45, 2.75) is 63.3 Å². The average molecular weight is 392 g/mol. The van der Waals surface area contributed by atoms with Crippen molar-refractivity contribution in [3.05, 3.63) is 17.5 Å². The van der Waals surface area contributed by atoms with Gasteiger partial charge in [-0.2, -0.15) is 9.78 Å². The quantitative estimate of drug-likeness (QED) is 0.816. The maximum Gasteiger partial charge on any atom is 0.339 e. The summed E-state index contributed by atoms with van der Waals surface area (Å²) in [7, 11) is 0. The molecule has 4 rings (SSSR count). The zero-order valence-corrected chi connectivity index (χ0v) is 16.4. The third-order valence-corrected chi connectivity index (χ3v) is 6.49. The van der Waals surface area contributed by atoms with E-state index in [0.717, 1.165) is 30.7 Å². The Morgan fingerprint density at radius 3 is 2.50 bits per heavy atom. The summed E-state index contributed by atoms with van der Waals surface area (Å²) in [5.41, 5.74) is 3.72. The summed E-state index contributed by atoms with van der Waals surface area (Å²) in [4.78, 5) is 28.7. The van der Waals surface area contributed by atoms with Gasteiger partial charge < -0.3 is 15.4 Å². The number of fused-ring (bicyclic) bond motifs is 1. The molecule has 2 amide bonds. The molecule has 3 aliphatic heterocycles. The van der Waals surface area contributed by atoms with E-state index in [1.165, 1.54) is 4.90 Å². The molecule has 28 heavy (non-hydrogen) atoms. The van der Waals surface area contributed by atoms with Gasteiger partial charge in [-0.1, -0.05) is 0 Å². The number of alkyl halides is 1. The molecule has 0 atom stereocenters. The Bertz CT molecular complexity index is 779. The Hall–Kier alpha value is -2.00. The van der Waals surface area contributed by atoms with E-state index in [1.807, 2.05) is 0 Å². The second-order valence-corrected chi connectivity index (χ2v) is 8.48. The molecule has 2 fully saturated rings. The molecule has 3 aliphatic rings. The highest BCUT2D eigenvalue weighted by atomic mass is 19.1. The molecule has 8 nitrogen and oxygen atoms in total. The van der Waals surface area contributed by atoms with Crippen molar-refractivity contribution < 1.29 is 18.7 Å². The first-order valence-electron chi connectivity index (χ1n) is 9.87. The highest BCUT2D eigenvalue weighted by Gasteiger charge is 2.52. The van der Waals surface area contributed by atoms with Gasteiger partial charge in [0.1, 0.15) is 6.20 Å². The van der Waals surface area contributed by atoms with Gasteiger partial charge in [-0.05, 0) is 26.7 Å². The number of piperidine rings is 1. The van der Waals surface area contributed by atoms with Crippen LogP contribution >= 0.6 is 0 Å². The number of halogens is 1. The third-order valence-electron chi connectivity index (χ3n) is 6.49. The van der Waals surface area contributed by atoms with Gasteiger partial charge in [-0.3, -0.25) is 9.69 Å². The van der Waals surface area contributed by atoms with Gasteiger partial charge in [0.2, 0.25) is 0 Å². The van der Waals surface area contributed by atoms with Crippen molar-refractivity contribution >= 4 is 11.9 Å². The van der Waals surface area contributed by atoms with Gasteiger partial charge in [0.25, 0.3) is 5.91 Å². The number of ether oxygens (including phenoxy) is 1. The number of carbonyl (C=O) groups excluding carboxylic acids is 2. The number of primary amides is 1. The number of nitrogens with two attached hydrogens (primary N) is 1. The summed E-state index contributed by atoms with van der Waals surface area (Å²) < 4.78 is 22.2. The molecule has 0 saturated carbocycles. The van der Waals surface area contributed by atoms with E-state index in [-0.39, 0.29) is 19.4 Å². The molecule has 0 spiro atoms. The van der Waals surface area contributed by atoms with Gasteiger partial charge >= 0.3 is 6.03 Å². The molecule has 0 aliphatic carbocycles. The number of nitrogens with zero attached hydrogens (tertiary/aromatic N) is 4. The largest absolute Gasteiger partial charge is 0.381 e. The number of likely N-dealkylation sites (tertiary alicyclic amines) is 1. The van der Waals surface area contributed by atoms with Crippen molar-refractivity contribution in [3.8, 4) is 0 Å². The van der Waals surface area contributed by atoms with Crippen LogP contribution in [0.1, 0.15) is 50.8 Å². The van der Waals surface area contributed by atoms with Crippen LogP contribution < -0.4 is 5.73 Å². The number of amides is 2. The van der Waals surface area contributed by atoms with Crippen molar-refractivity contribution in [1.29, 1.82) is 0 Å². The van der Waals surface area contributed by atoms with Crippen molar-refractivity contribution in [3.63, 3.8) is 0 Å². The van der Waals surface area contributed by atoms with Gasteiger partial charge in [0.15, 0.2) is 5.67 Å². The smallest absolute Gasteiger partial charge is 0.339 e. The van der Waals surface area contributed by atoms with Crippen LogP contribution in [0, 0.1) is 6.20 Å². The van der Waals surface area contributed by atoms with E-state index < -0.39 is 23.1 Å². The summed E-state index contributed by atoms with van der Waals surface area (Å²) in [5, 5.41) is 3.89. The van der Waals surface area contributed by atoms with Crippen molar-refractivity contribution in [1.82, 2.24) is 19.6 Å². The van der Waals surface area contributed by atoms with Crippen molar-refractivity contribution in [2.24, 2.45) is 5.73 Å². The van der Waals surface area contributed by atoms with E-state index in [1.54, 1.807) is 13.8 Å². The second kappa shape index (κ2) is 6.81. The number of hydrogen-bond donors (Lipinski definition) is 1. The molecule has 2 saturated heterocycles. The van der Waals surface area contributed by atoms with E-state index in [9.17, 15) is 9.59 Å². The summed E-state index contributed by atoms with van der Waals surface area (Å²) in [6.45, 7) is 6.37. The van der Waals surface area contributed by atoms with Crippen LogP contribution in [0.25, 0.3) is 0 Å². The SMILES string of the molecule is CC1(C)c2c([c]nn2C(N)=O)CN1C(=O)C1(F)CCN(C2CCOCC2)CC1. The predicted octanol–water partition coefficient (Wildman–Crippen LogP) is 1.17. The van der Waals surface area contributed by atoms with Crippen LogP contribution in [-0.4, -0.2) is 69.5 Å². The first-order chi connectivity index (χ1) is 13.2. The van der Waals surface area contributed by atoms with Gasteiger partial charge in [0.05, 0.1) is 17.8 Å². The van der Waals surface area contributed by atoms with Crippen LogP contribution in [0.3, 0.4) is 0 Å². The molecule has 2 N–H and O–H groups in total. The van der Waals surface area contributed by atoms with Gasteiger partial charge in [-0.25, -0.2) is 9.18 Å². The van der Waals surface area contributed by atoms with Gasteiger partial charge in [-0.15, -0.1) is 0 Å². The van der Waals surface area contributed by atoms with E-state index in [2.05, 4.69) is 16.2 Å². The van der Waals surface area contributed by atoms with Crippen LogP contribution in [0.15, 0.2) is 0 Å². The number of rotatable bonds is 2. The topological polar surface area (TPSA) is 93.7 Å². The molecule has 0 unspecified atom stereocenters. The molecule has 9 heteroatoms. The minimum atomic E-state index is -1.90. The Morgan fingerprint density at radius 2 is 1.89 bits per heavy atom. The standard InChI is InChI=1S/C19H27FN5O3/c1-18(2)15-13(11-22-25(15)17(21)27)12-24(18)16(26)19(20)5-7-23(8-6-19)14-3-9-28-10-4-14/h14H,3-10,12H2,1-2H3,(H2,21,27). The normalized spacial score (nSPS) is 24.9. The zero-order chi connectivity index (χ0) is 20.1. The molecule has 153 valence electrons. The second-order valence-electron chi connectivity index (χ2n) is 8.48. The fraction of sp³-hybridized carbons (Fsp3) is 0.737. The lowest BCUT2D eigenvalue weighted by Gasteiger charge is -2.43. The summed E-state index contributed by atoms with van der Waals surface area (Å²) in [6.07, 6.45) is 5.02. The third kappa shape index (κ3) is 3.00. The highest BCUT2D eigenvalue weighted by Crippen LogP contribution is 2.42. The predicted molar refractivity (Wildman–Crippen MR) is 98.1 cm³/mol. The molecule has 1 radical (unpaired) electrons. The lowest BCUT2D eigenvalue weighted by molar-refractivity contribution is -0.154. The van der Waals surface area contributed by atoms with Crippen LogP contribution in [0.5, 0.6) is 0 Å². The molecule has 0 bridgehead atoms. The number of carbonyl (C=O) groups is 2. The Kier molecular flexibility index (Phi) is 4.70. The average Bonchev–Trinajstić information content (AvgIpc) is 3.21. The zero-order valence-electron chi connectivity index (χ0n) is 16.4. The molecule has 1 aromatic heterocycles. The van der Waals surface area contributed by atoms with Gasteiger partial charge in [0, 0.05) is 50.8 Å². The summed E-state index contributed by atoms with van der Waals surface area (Å²) in [6, 6.07) is -0.323. The molecule has 4 heterocycles. The molecular formula is C19H27FN5O3. The fourth-order valence-corrected chi connectivity index (χ4v) is 4.80. The minimum Gasteiger partial charge on any atom is -0.381 e. The Balaban J connectivity index is 1.48.